The molecule has 2 rings (SSSR count). The van der Waals surface area contributed by atoms with Gasteiger partial charge in [-0.05, 0) is 54.4 Å². The van der Waals surface area contributed by atoms with Gasteiger partial charge in [-0.2, -0.15) is 0 Å². The van der Waals surface area contributed by atoms with Crippen molar-refractivity contribution in [1.29, 1.82) is 0 Å². The van der Waals surface area contributed by atoms with Crippen LogP contribution in [0.2, 0.25) is 5.02 Å². The Morgan fingerprint density at radius 1 is 1.22 bits per heavy atom. The highest BCUT2D eigenvalue weighted by atomic mass is 79.9. The molecule has 4 unspecified atom stereocenters. The van der Waals surface area contributed by atoms with Gasteiger partial charge in [0, 0.05) is 9.50 Å². The number of hydrogen-bond donors (Lipinski definition) is 1. The third kappa shape index (κ3) is 3.28. The van der Waals surface area contributed by atoms with E-state index >= 15 is 0 Å². The summed E-state index contributed by atoms with van der Waals surface area (Å²) >= 11 is 9.47. The molecule has 0 spiro atoms. The van der Waals surface area contributed by atoms with Crippen molar-refractivity contribution >= 4 is 27.5 Å². The number of benzene rings is 1. The summed E-state index contributed by atoms with van der Waals surface area (Å²) in [7, 11) is 0. The molecule has 1 saturated carbocycles. The number of aliphatic hydroxyl groups is 1. The summed E-state index contributed by atoms with van der Waals surface area (Å²) in [6.45, 7) is 4.60. The molecular formula is C15H20BrClO. The Kier molecular flexibility index (Phi) is 4.74. The molecule has 100 valence electrons. The minimum Gasteiger partial charge on any atom is -0.388 e. The Balaban J connectivity index is 2.13. The van der Waals surface area contributed by atoms with Crippen molar-refractivity contribution in [2.75, 3.05) is 0 Å². The van der Waals surface area contributed by atoms with Crippen LogP contribution in [0.3, 0.4) is 0 Å². The molecule has 0 aromatic heterocycles. The topological polar surface area (TPSA) is 20.2 Å². The largest absolute Gasteiger partial charge is 0.388 e. The number of aliphatic hydroxyl groups excluding tert-OH is 1. The van der Waals surface area contributed by atoms with Gasteiger partial charge in [0.15, 0.2) is 0 Å². The van der Waals surface area contributed by atoms with Gasteiger partial charge < -0.3 is 5.11 Å². The molecule has 1 N–H and O–H groups in total. The van der Waals surface area contributed by atoms with E-state index in [1.807, 2.05) is 18.2 Å². The first-order chi connectivity index (χ1) is 8.47. The van der Waals surface area contributed by atoms with E-state index < -0.39 is 6.10 Å². The van der Waals surface area contributed by atoms with Crippen LogP contribution in [0.5, 0.6) is 0 Å². The fourth-order valence-electron chi connectivity index (χ4n) is 2.89. The standard InChI is InChI=1S/C15H20BrClO/c1-9-3-4-11(5-10(9)2)15(18)12-6-13(16)8-14(17)7-12/h6-11,15,18H,3-5H2,1-2H3. The predicted molar refractivity (Wildman–Crippen MR) is 79.8 cm³/mol. The molecule has 0 radical (unpaired) electrons. The van der Waals surface area contributed by atoms with Crippen molar-refractivity contribution in [2.45, 2.75) is 39.2 Å². The molecule has 1 aromatic rings. The van der Waals surface area contributed by atoms with Crippen molar-refractivity contribution in [2.24, 2.45) is 17.8 Å². The van der Waals surface area contributed by atoms with Crippen LogP contribution < -0.4 is 0 Å². The Bertz CT molecular complexity index is 401. The van der Waals surface area contributed by atoms with E-state index in [2.05, 4.69) is 29.8 Å². The van der Waals surface area contributed by atoms with Crippen LogP contribution in [0.1, 0.15) is 44.8 Å². The van der Waals surface area contributed by atoms with E-state index in [0.29, 0.717) is 16.9 Å². The fraction of sp³-hybridized carbons (Fsp3) is 0.600. The second-order valence-electron chi connectivity index (χ2n) is 5.68. The highest BCUT2D eigenvalue weighted by Crippen LogP contribution is 2.40. The van der Waals surface area contributed by atoms with Gasteiger partial charge in [-0.1, -0.05) is 47.8 Å². The molecule has 0 aliphatic heterocycles. The van der Waals surface area contributed by atoms with E-state index in [0.717, 1.165) is 28.8 Å². The third-order valence-electron chi connectivity index (χ3n) is 4.31. The van der Waals surface area contributed by atoms with E-state index in [9.17, 15) is 5.11 Å². The van der Waals surface area contributed by atoms with Crippen molar-refractivity contribution in [3.8, 4) is 0 Å². The summed E-state index contributed by atoms with van der Waals surface area (Å²) < 4.78 is 0.932. The molecule has 1 aliphatic carbocycles. The van der Waals surface area contributed by atoms with Gasteiger partial charge in [-0.15, -0.1) is 0 Å². The molecule has 4 atom stereocenters. The highest BCUT2D eigenvalue weighted by Gasteiger charge is 2.30. The zero-order valence-electron chi connectivity index (χ0n) is 10.9. The summed E-state index contributed by atoms with van der Waals surface area (Å²) in [5, 5.41) is 11.2. The van der Waals surface area contributed by atoms with Crippen molar-refractivity contribution in [3.05, 3.63) is 33.3 Å². The van der Waals surface area contributed by atoms with Crippen LogP contribution in [0.4, 0.5) is 0 Å². The van der Waals surface area contributed by atoms with Crippen molar-refractivity contribution in [3.63, 3.8) is 0 Å². The third-order valence-corrected chi connectivity index (χ3v) is 4.99. The number of hydrogen-bond acceptors (Lipinski definition) is 1. The Hall–Kier alpha value is -0.0500. The highest BCUT2D eigenvalue weighted by molar-refractivity contribution is 9.10. The number of rotatable bonds is 2. The van der Waals surface area contributed by atoms with Gasteiger partial charge in [0.1, 0.15) is 0 Å². The average Bonchev–Trinajstić information content (AvgIpc) is 2.30. The first kappa shape index (κ1) is 14.4. The van der Waals surface area contributed by atoms with Crippen molar-refractivity contribution in [1.82, 2.24) is 0 Å². The molecule has 1 fully saturated rings. The fourth-order valence-corrected chi connectivity index (χ4v) is 3.78. The quantitative estimate of drug-likeness (QED) is 0.789. The van der Waals surface area contributed by atoms with Gasteiger partial charge in [-0.3, -0.25) is 0 Å². The molecule has 0 heterocycles. The molecule has 0 amide bonds. The molecule has 18 heavy (non-hydrogen) atoms. The van der Waals surface area contributed by atoms with E-state index in [4.69, 9.17) is 11.6 Å². The van der Waals surface area contributed by atoms with Crippen LogP contribution in [-0.2, 0) is 0 Å². The van der Waals surface area contributed by atoms with Gasteiger partial charge >= 0.3 is 0 Å². The normalized spacial score (nSPS) is 30.2. The lowest BCUT2D eigenvalue weighted by molar-refractivity contribution is 0.0561. The van der Waals surface area contributed by atoms with Crippen LogP contribution in [0.25, 0.3) is 0 Å². The lowest BCUT2D eigenvalue weighted by Crippen LogP contribution is -2.25. The summed E-state index contributed by atoms with van der Waals surface area (Å²) in [4.78, 5) is 0. The smallest absolute Gasteiger partial charge is 0.0819 e. The maximum Gasteiger partial charge on any atom is 0.0819 e. The summed E-state index contributed by atoms with van der Waals surface area (Å²) in [6, 6.07) is 5.70. The van der Waals surface area contributed by atoms with E-state index in [-0.39, 0.29) is 0 Å². The molecule has 1 aliphatic rings. The zero-order chi connectivity index (χ0) is 13.3. The van der Waals surface area contributed by atoms with Crippen LogP contribution in [-0.4, -0.2) is 5.11 Å². The Morgan fingerprint density at radius 2 is 1.94 bits per heavy atom. The van der Waals surface area contributed by atoms with Gasteiger partial charge in [-0.25, -0.2) is 0 Å². The van der Waals surface area contributed by atoms with Crippen molar-refractivity contribution < 1.29 is 5.11 Å². The second-order valence-corrected chi connectivity index (χ2v) is 7.03. The van der Waals surface area contributed by atoms with Crippen LogP contribution in [0, 0.1) is 17.8 Å². The Morgan fingerprint density at radius 3 is 2.56 bits per heavy atom. The minimum atomic E-state index is -0.394. The maximum atomic E-state index is 10.5. The SMILES string of the molecule is CC1CCC(C(O)c2cc(Cl)cc(Br)c2)CC1C. The lowest BCUT2D eigenvalue weighted by atomic mass is 9.73. The average molecular weight is 332 g/mol. The predicted octanol–water partition coefficient (Wildman–Crippen LogP) is 5.21. The molecular weight excluding hydrogens is 312 g/mol. The molecule has 0 bridgehead atoms. The summed E-state index contributed by atoms with van der Waals surface area (Å²) in [5.74, 6) is 1.84. The van der Waals surface area contributed by atoms with E-state index in [1.54, 1.807) is 0 Å². The van der Waals surface area contributed by atoms with Crippen LogP contribution >= 0.6 is 27.5 Å². The minimum absolute atomic E-state index is 0.363. The van der Waals surface area contributed by atoms with Crippen LogP contribution in [0.15, 0.2) is 22.7 Å². The van der Waals surface area contributed by atoms with E-state index in [1.165, 1.54) is 6.42 Å². The molecule has 1 nitrogen and oxygen atoms in total. The molecule has 0 saturated heterocycles. The number of halogens is 2. The van der Waals surface area contributed by atoms with Gasteiger partial charge in [0.05, 0.1) is 6.10 Å². The second kappa shape index (κ2) is 5.94. The summed E-state index contributed by atoms with van der Waals surface area (Å²) in [5.41, 5.74) is 0.932. The molecule has 1 aromatic carbocycles. The maximum absolute atomic E-state index is 10.5. The zero-order valence-corrected chi connectivity index (χ0v) is 13.2. The van der Waals surface area contributed by atoms with Gasteiger partial charge in [0.2, 0.25) is 0 Å². The first-order valence-corrected chi connectivity index (χ1v) is 7.78. The summed E-state index contributed by atoms with van der Waals surface area (Å²) in [6.07, 6.45) is 3.03. The monoisotopic (exact) mass is 330 g/mol. The first-order valence-electron chi connectivity index (χ1n) is 6.61. The lowest BCUT2D eigenvalue weighted by Gasteiger charge is -2.34. The van der Waals surface area contributed by atoms with Gasteiger partial charge in [0.25, 0.3) is 0 Å². The molecule has 3 heteroatoms. The Labute approximate surface area is 123 Å².